The summed E-state index contributed by atoms with van der Waals surface area (Å²) in [5.41, 5.74) is 0.873. The normalized spacial score (nSPS) is 20.7. The Bertz CT molecular complexity index is 734. The number of aromatic nitrogens is 2. The van der Waals surface area contributed by atoms with Gasteiger partial charge in [-0.15, -0.1) is 0 Å². The van der Waals surface area contributed by atoms with Crippen molar-refractivity contribution in [3.8, 4) is 0 Å². The first kappa shape index (κ1) is 15.3. The largest absolute Gasteiger partial charge is 0.481 e. The van der Waals surface area contributed by atoms with Crippen molar-refractivity contribution in [1.82, 2.24) is 14.5 Å². The minimum absolute atomic E-state index is 0.165. The molecule has 2 aromatic rings. The second-order valence-corrected chi connectivity index (χ2v) is 6.02. The molecule has 3 rings (SSSR count). The summed E-state index contributed by atoms with van der Waals surface area (Å²) in [6, 6.07) is 9.15. The number of hydrogen-bond acceptors (Lipinski definition) is 3. The monoisotopic (exact) mass is 313 g/mol. The first-order valence-corrected chi connectivity index (χ1v) is 7.52. The van der Waals surface area contributed by atoms with Crippen LogP contribution in [0.2, 0.25) is 0 Å². The maximum atomic E-state index is 12.8. The molecule has 1 N–H and O–H groups in total. The lowest BCUT2D eigenvalue weighted by Crippen LogP contribution is -2.40. The van der Waals surface area contributed by atoms with Gasteiger partial charge >= 0.3 is 5.97 Å². The fraction of sp³-hybridized carbons (Fsp3) is 0.353. The molecule has 1 amide bonds. The van der Waals surface area contributed by atoms with Crippen molar-refractivity contribution >= 4 is 11.9 Å². The summed E-state index contributed by atoms with van der Waals surface area (Å²) in [7, 11) is 1.77. The summed E-state index contributed by atoms with van der Waals surface area (Å²) in [6.45, 7) is 2.38. The Morgan fingerprint density at radius 1 is 1.26 bits per heavy atom. The van der Waals surface area contributed by atoms with E-state index in [2.05, 4.69) is 4.98 Å². The molecular formula is C17H19N3O3. The van der Waals surface area contributed by atoms with E-state index in [1.54, 1.807) is 29.8 Å². The maximum absolute atomic E-state index is 12.8. The minimum atomic E-state index is -1.04. The first-order valence-electron chi connectivity index (χ1n) is 7.52. The molecule has 6 heteroatoms. The standard InChI is InChI=1S/C17H19N3O3/c1-12-14(19(2)11-18-12)15(21)20-9-8-17(10-20,16(22)23)13-6-4-3-5-7-13/h3-7,11H,8-10H2,1-2H3,(H,22,23)/t17-/m1/s1. The SMILES string of the molecule is Cc1ncn(C)c1C(=O)N1CC[C@](C(=O)O)(c2ccccc2)C1. The molecule has 0 saturated carbocycles. The second kappa shape index (κ2) is 5.53. The molecule has 1 aliphatic heterocycles. The zero-order chi connectivity index (χ0) is 16.6. The average molecular weight is 313 g/mol. The van der Waals surface area contributed by atoms with Crippen LogP contribution in [-0.2, 0) is 17.3 Å². The predicted octanol–water partition coefficient (Wildman–Crippen LogP) is 1.60. The first-order chi connectivity index (χ1) is 11.0. The third-order valence-corrected chi connectivity index (χ3v) is 4.61. The van der Waals surface area contributed by atoms with Crippen molar-refractivity contribution < 1.29 is 14.7 Å². The van der Waals surface area contributed by atoms with Crippen LogP contribution in [0.5, 0.6) is 0 Å². The smallest absolute Gasteiger partial charge is 0.316 e. The van der Waals surface area contributed by atoms with Gasteiger partial charge in [0.05, 0.1) is 12.0 Å². The predicted molar refractivity (Wildman–Crippen MR) is 84.2 cm³/mol. The molecule has 1 saturated heterocycles. The number of aliphatic carboxylic acids is 1. The Hall–Kier alpha value is -2.63. The number of benzene rings is 1. The van der Waals surface area contributed by atoms with Crippen molar-refractivity contribution in [2.24, 2.45) is 7.05 Å². The summed E-state index contributed by atoms with van der Waals surface area (Å²) in [5, 5.41) is 9.80. The lowest BCUT2D eigenvalue weighted by Gasteiger charge is -2.25. The summed E-state index contributed by atoms with van der Waals surface area (Å²) >= 11 is 0. The second-order valence-electron chi connectivity index (χ2n) is 6.02. The number of carboxylic acids is 1. The van der Waals surface area contributed by atoms with Gasteiger partial charge in [-0.3, -0.25) is 9.59 Å². The number of imidazole rings is 1. The van der Waals surface area contributed by atoms with E-state index in [-0.39, 0.29) is 12.5 Å². The Morgan fingerprint density at radius 3 is 2.52 bits per heavy atom. The Kier molecular flexibility index (Phi) is 3.67. The molecule has 0 radical (unpaired) electrons. The van der Waals surface area contributed by atoms with Crippen LogP contribution in [0.4, 0.5) is 0 Å². The molecule has 1 aromatic heterocycles. The van der Waals surface area contributed by atoms with Gasteiger partial charge in [-0.05, 0) is 18.9 Å². The third-order valence-electron chi connectivity index (χ3n) is 4.61. The van der Waals surface area contributed by atoms with E-state index in [0.717, 1.165) is 5.56 Å². The van der Waals surface area contributed by atoms with Crippen molar-refractivity contribution in [3.05, 3.63) is 53.6 Å². The lowest BCUT2D eigenvalue weighted by atomic mass is 9.80. The van der Waals surface area contributed by atoms with Gasteiger partial charge in [-0.25, -0.2) is 4.98 Å². The van der Waals surface area contributed by atoms with E-state index in [1.165, 1.54) is 0 Å². The number of nitrogens with zero attached hydrogens (tertiary/aromatic N) is 3. The van der Waals surface area contributed by atoms with Crippen LogP contribution in [0, 0.1) is 6.92 Å². The third kappa shape index (κ3) is 2.40. The Labute approximate surface area is 134 Å². The van der Waals surface area contributed by atoms with Crippen molar-refractivity contribution in [2.45, 2.75) is 18.8 Å². The molecule has 0 unspecified atom stereocenters. The average Bonchev–Trinajstić information content (AvgIpc) is 3.13. The fourth-order valence-corrected chi connectivity index (χ4v) is 3.28. The molecule has 2 heterocycles. The maximum Gasteiger partial charge on any atom is 0.316 e. The number of carboxylic acid groups (broad SMARTS) is 1. The Balaban J connectivity index is 1.92. The molecule has 23 heavy (non-hydrogen) atoms. The molecule has 6 nitrogen and oxygen atoms in total. The summed E-state index contributed by atoms with van der Waals surface area (Å²) in [6.07, 6.45) is 2.01. The van der Waals surface area contributed by atoms with Crippen LogP contribution in [0.1, 0.15) is 28.2 Å². The van der Waals surface area contributed by atoms with Crippen LogP contribution in [0.3, 0.4) is 0 Å². The number of carbonyl (C=O) groups excluding carboxylic acids is 1. The van der Waals surface area contributed by atoms with Crippen molar-refractivity contribution in [3.63, 3.8) is 0 Å². The van der Waals surface area contributed by atoms with Crippen molar-refractivity contribution in [2.75, 3.05) is 13.1 Å². The minimum Gasteiger partial charge on any atom is -0.481 e. The van der Waals surface area contributed by atoms with Gasteiger partial charge < -0.3 is 14.6 Å². The van der Waals surface area contributed by atoms with E-state index < -0.39 is 11.4 Å². The lowest BCUT2D eigenvalue weighted by molar-refractivity contribution is -0.143. The number of carbonyl (C=O) groups is 2. The molecule has 1 aliphatic rings. The van der Waals surface area contributed by atoms with Gasteiger partial charge in [0, 0.05) is 20.1 Å². The molecule has 1 fully saturated rings. The number of amides is 1. The number of aryl methyl sites for hydroxylation is 2. The molecule has 1 aromatic carbocycles. The van der Waals surface area contributed by atoms with Crippen LogP contribution >= 0.6 is 0 Å². The summed E-state index contributed by atoms with van der Waals surface area (Å²) in [5.74, 6) is -1.05. The van der Waals surface area contributed by atoms with E-state index in [4.69, 9.17) is 0 Å². The van der Waals surface area contributed by atoms with Gasteiger partial charge in [-0.2, -0.15) is 0 Å². The summed E-state index contributed by atoms with van der Waals surface area (Å²) < 4.78 is 1.68. The highest BCUT2D eigenvalue weighted by Crippen LogP contribution is 2.35. The molecule has 1 atom stereocenters. The molecule has 0 bridgehead atoms. The van der Waals surface area contributed by atoms with Crippen LogP contribution in [-0.4, -0.2) is 44.5 Å². The molecule has 0 spiro atoms. The Morgan fingerprint density at radius 2 is 1.96 bits per heavy atom. The fourth-order valence-electron chi connectivity index (χ4n) is 3.28. The zero-order valence-electron chi connectivity index (χ0n) is 13.2. The molecular weight excluding hydrogens is 294 g/mol. The number of likely N-dealkylation sites (tertiary alicyclic amines) is 1. The topological polar surface area (TPSA) is 75.4 Å². The van der Waals surface area contributed by atoms with Gasteiger partial charge in [0.2, 0.25) is 0 Å². The van der Waals surface area contributed by atoms with E-state index >= 15 is 0 Å². The van der Waals surface area contributed by atoms with E-state index in [0.29, 0.717) is 24.4 Å². The molecule has 120 valence electrons. The van der Waals surface area contributed by atoms with Crippen LogP contribution < -0.4 is 0 Å². The highest BCUT2D eigenvalue weighted by Gasteiger charge is 2.48. The highest BCUT2D eigenvalue weighted by molar-refractivity contribution is 5.95. The summed E-state index contributed by atoms with van der Waals surface area (Å²) in [4.78, 5) is 30.5. The molecule has 0 aliphatic carbocycles. The van der Waals surface area contributed by atoms with Gasteiger partial charge in [0.1, 0.15) is 11.1 Å². The van der Waals surface area contributed by atoms with Crippen LogP contribution in [0.15, 0.2) is 36.7 Å². The quantitative estimate of drug-likeness (QED) is 0.934. The highest BCUT2D eigenvalue weighted by atomic mass is 16.4. The van der Waals surface area contributed by atoms with Crippen LogP contribution in [0.25, 0.3) is 0 Å². The van der Waals surface area contributed by atoms with E-state index in [1.807, 2.05) is 30.3 Å². The zero-order valence-corrected chi connectivity index (χ0v) is 13.2. The number of rotatable bonds is 3. The van der Waals surface area contributed by atoms with Gasteiger partial charge in [-0.1, -0.05) is 30.3 Å². The number of hydrogen-bond donors (Lipinski definition) is 1. The van der Waals surface area contributed by atoms with Gasteiger partial charge in [0.15, 0.2) is 0 Å². The van der Waals surface area contributed by atoms with Gasteiger partial charge in [0.25, 0.3) is 5.91 Å². The van der Waals surface area contributed by atoms with Crippen molar-refractivity contribution in [1.29, 1.82) is 0 Å². The van der Waals surface area contributed by atoms with E-state index in [9.17, 15) is 14.7 Å².